The number of carbonyl (C=O) groups excluding carboxylic acids is 1. The molecule has 0 aliphatic heterocycles. The monoisotopic (exact) mass is 446 g/mol. The lowest BCUT2D eigenvalue weighted by atomic mass is 10.1. The maximum atomic E-state index is 11.3. The summed E-state index contributed by atoms with van der Waals surface area (Å²) >= 11 is 0. The zero-order valence-corrected chi connectivity index (χ0v) is 21.6. The van der Waals surface area contributed by atoms with Crippen LogP contribution in [0.5, 0.6) is 0 Å². The van der Waals surface area contributed by atoms with Gasteiger partial charge in [-0.15, -0.1) is 0 Å². The first kappa shape index (κ1) is 34.5. The molecule has 5 heteroatoms. The number of carbonyl (C=O) groups is 2. The Hall–Kier alpha value is -1.10. The highest BCUT2D eigenvalue weighted by Crippen LogP contribution is 2.08. The first-order chi connectivity index (χ1) is 14.7. The molecule has 0 saturated heterocycles. The molecule has 0 bridgehead atoms. The highest BCUT2D eigenvalue weighted by Gasteiger charge is 2.07. The van der Waals surface area contributed by atoms with E-state index < -0.39 is 5.97 Å². The molecule has 0 fully saturated rings. The molecular formula is C26H54O5. The second kappa shape index (κ2) is 28.9. The van der Waals surface area contributed by atoms with Crippen LogP contribution in [0.4, 0.5) is 0 Å². The number of aliphatic hydroxyl groups excluding tert-OH is 1. The summed E-state index contributed by atoms with van der Waals surface area (Å²) in [4.78, 5) is 21.4. The van der Waals surface area contributed by atoms with Gasteiger partial charge < -0.3 is 14.9 Å². The molecule has 31 heavy (non-hydrogen) atoms. The number of hydrogen-bond donors (Lipinski definition) is 2. The Kier molecular flexibility index (Phi) is 32.2. The number of aliphatic carboxylic acids is 1. The molecule has 2 N–H and O–H groups in total. The quantitative estimate of drug-likeness (QED) is 0.177. The molecule has 0 rings (SSSR count). The molecule has 1 unspecified atom stereocenters. The number of esters is 1. The molecule has 0 amide bonds. The molecule has 0 aliphatic rings. The molecule has 0 aromatic carbocycles. The molecule has 2 atom stereocenters. The van der Waals surface area contributed by atoms with Crippen molar-refractivity contribution >= 4 is 11.9 Å². The summed E-state index contributed by atoms with van der Waals surface area (Å²) in [6, 6.07) is 0. The van der Waals surface area contributed by atoms with Gasteiger partial charge in [-0.1, -0.05) is 91.9 Å². The highest BCUT2D eigenvalue weighted by atomic mass is 16.5. The van der Waals surface area contributed by atoms with Crippen molar-refractivity contribution in [1.82, 2.24) is 0 Å². The maximum absolute atomic E-state index is 11.3. The molecule has 0 spiro atoms. The van der Waals surface area contributed by atoms with Gasteiger partial charge in [0.25, 0.3) is 0 Å². The number of hydrogen-bond acceptors (Lipinski definition) is 4. The zero-order valence-electron chi connectivity index (χ0n) is 21.6. The van der Waals surface area contributed by atoms with Crippen molar-refractivity contribution in [2.45, 2.75) is 156 Å². The van der Waals surface area contributed by atoms with E-state index in [1.54, 1.807) is 0 Å². The van der Waals surface area contributed by atoms with Crippen molar-refractivity contribution in [3.8, 4) is 0 Å². The van der Waals surface area contributed by atoms with E-state index in [-0.39, 0.29) is 18.2 Å². The number of carboxylic acid groups (broad SMARTS) is 1. The number of unbranched alkanes of at least 4 members (excludes halogenated alkanes) is 8. The summed E-state index contributed by atoms with van der Waals surface area (Å²) in [5, 5.41) is 16.8. The van der Waals surface area contributed by atoms with E-state index in [1.807, 2.05) is 13.8 Å². The van der Waals surface area contributed by atoms with E-state index in [4.69, 9.17) is 14.9 Å². The van der Waals surface area contributed by atoms with E-state index in [0.29, 0.717) is 12.8 Å². The molecular weight excluding hydrogens is 392 g/mol. The summed E-state index contributed by atoms with van der Waals surface area (Å²) < 4.78 is 5.26. The first-order valence-electron chi connectivity index (χ1n) is 12.8. The van der Waals surface area contributed by atoms with E-state index in [2.05, 4.69) is 27.7 Å². The van der Waals surface area contributed by atoms with Crippen molar-refractivity contribution in [3.05, 3.63) is 0 Å². The van der Waals surface area contributed by atoms with Gasteiger partial charge in [0.15, 0.2) is 0 Å². The van der Waals surface area contributed by atoms with Crippen LogP contribution in [0.15, 0.2) is 0 Å². The van der Waals surface area contributed by atoms with Crippen molar-refractivity contribution < 1.29 is 24.5 Å². The zero-order chi connectivity index (χ0) is 24.3. The molecule has 0 aliphatic carbocycles. The minimum Gasteiger partial charge on any atom is -0.481 e. The van der Waals surface area contributed by atoms with Gasteiger partial charge in [-0.05, 0) is 39.5 Å². The predicted molar refractivity (Wildman–Crippen MR) is 131 cm³/mol. The molecule has 188 valence electrons. The normalized spacial score (nSPS) is 12.0. The van der Waals surface area contributed by atoms with Crippen LogP contribution >= 0.6 is 0 Å². The van der Waals surface area contributed by atoms with Gasteiger partial charge >= 0.3 is 11.9 Å². The van der Waals surface area contributed by atoms with E-state index in [1.165, 1.54) is 38.5 Å². The lowest BCUT2D eigenvalue weighted by Crippen LogP contribution is -2.14. The number of rotatable bonds is 17. The van der Waals surface area contributed by atoms with Crippen LogP contribution in [0.1, 0.15) is 144 Å². The van der Waals surface area contributed by atoms with Crippen LogP contribution in [-0.2, 0) is 14.3 Å². The lowest BCUT2D eigenvalue weighted by molar-refractivity contribution is -0.148. The van der Waals surface area contributed by atoms with Crippen LogP contribution in [0.25, 0.3) is 0 Å². The lowest BCUT2D eigenvalue weighted by Gasteiger charge is -2.11. The third kappa shape index (κ3) is 39.9. The molecule has 0 saturated carbocycles. The molecule has 0 aromatic rings. The smallest absolute Gasteiger partial charge is 0.306 e. The summed E-state index contributed by atoms with van der Waals surface area (Å²) in [5.41, 5.74) is 0. The van der Waals surface area contributed by atoms with E-state index >= 15 is 0 Å². The van der Waals surface area contributed by atoms with Gasteiger partial charge in [-0.25, -0.2) is 0 Å². The van der Waals surface area contributed by atoms with Crippen molar-refractivity contribution in [3.63, 3.8) is 0 Å². The fourth-order valence-corrected chi connectivity index (χ4v) is 2.92. The van der Waals surface area contributed by atoms with Crippen LogP contribution in [0.3, 0.4) is 0 Å². The molecule has 5 nitrogen and oxygen atoms in total. The van der Waals surface area contributed by atoms with Crippen LogP contribution < -0.4 is 0 Å². The fraction of sp³-hybridized carbons (Fsp3) is 0.923. The standard InChI is InChI=1S/C13H26O2.C8H16O2.C5H12O/c1-4-6-7-8-9-11-13(14)15-12(3)10-5-2;1-2-3-4-5-6-7-8(9)10;1-3-4-5(2)6/h12H,4-11H2,1-3H3;2-7H2,1H3,(H,9,10);5-6H,3-4H2,1-2H3/t12-;;/m1../s1. The number of carboxylic acids is 1. The van der Waals surface area contributed by atoms with Gasteiger partial charge in [0.2, 0.25) is 0 Å². The Labute approximate surface area is 193 Å². The average molecular weight is 447 g/mol. The highest BCUT2D eigenvalue weighted by molar-refractivity contribution is 5.69. The van der Waals surface area contributed by atoms with Gasteiger partial charge in [-0.2, -0.15) is 0 Å². The molecule has 0 heterocycles. The van der Waals surface area contributed by atoms with Crippen LogP contribution in [0, 0.1) is 0 Å². The second-order valence-electron chi connectivity index (χ2n) is 8.45. The fourth-order valence-electron chi connectivity index (χ4n) is 2.92. The Morgan fingerprint density at radius 1 is 0.677 bits per heavy atom. The molecule has 0 radical (unpaired) electrons. The molecule has 0 aromatic heterocycles. The Morgan fingerprint density at radius 2 is 1.13 bits per heavy atom. The minimum atomic E-state index is -0.670. The third-order valence-corrected chi connectivity index (χ3v) is 4.71. The van der Waals surface area contributed by atoms with E-state index in [9.17, 15) is 9.59 Å². The van der Waals surface area contributed by atoms with Gasteiger partial charge in [0, 0.05) is 12.8 Å². The predicted octanol–water partition coefficient (Wildman–Crippen LogP) is 7.68. The first-order valence-corrected chi connectivity index (χ1v) is 12.8. The van der Waals surface area contributed by atoms with Crippen LogP contribution in [-0.4, -0.2) is 34.4 Å². The average Bonchev–Trinajstić information content (AvgIpc) is 2.68. The van der Waals surface area contributed by atoms with Crippen molar-refractivity contribution in [2.24, 2.45) is 0 Å². The summed E-state index contributed by atoms with van der Waals surface area (Å²) in [5.74, 6) is -0.691. The second-order valence-corrected chi connectivity index (χ2v) is 8.45. The summed E-state index contributed by atoms with van der Waals surface area (Å²) in [7, 11) is 0. The third-order valence-electron chi connectivity index (χ3n) is 4.71. The van der Waals surface area contributed by atoms with Crippen molar-refractivity contribution in [1.29, 1.82) is 0 Å². The summed E-state index contributed by atoms with van der Waals surface area (Å²) in [6.07, 6.45) is 16.4. The maximum Gasteiger partial charge on any atom is 0.306 e. The van der Waals surface area contributed by atoms with Gasteiger partial charge in [-0.3, -0.25) is 9.59 Å². The summed E-state index contributed by atoms with van der Waals surface area (Å²) in [6.45, 7) is 12.3. The van der Waals surface area contributed by atoms with Crippen LogP contribution in [0.2, 0.25) is 0 Å². The van der Waals surface area contributed by atoms with Crippen molar-refractivity contribution in [2.75, 3.05) is 0 Å². The number of aliphatic hydroxyl groups is 1. The SMILES string of the molecule is CCCC(C)O.CCCCCCCC(=O)O.CCCCCCCC(=O)O[C@H](C)CCC. The topological polar surface area (TPSA) is 83.8 Å². The Bertz CT molecular complexity index is 369. The van der Waals surface area contributed by atoms with Gasteiger partial charge in [0.05, 0.1) is 12.2 Å². The Morgan fingerprint density at radius 3 is 1.48 bits per heavy atom. The van der Waals surface area contributed by atoms with E-state index in [0.717, 1.165) is 51.4 Å². The minimum absolute atomic E-state index is 0.0209. The Balaban J connectivity index is -0.000000421. The van der Waals surface area contributed by atoms with Gasteiger partial charge in [0.1, 0.15) is 0 Å². The number of ether oxygens (including phenoxy) is 1. The largest absolute Gasteiger partial charge is 0.481 e.